The highest BCUT2D eigenvalue weighted by Gasteiger charge is 2.24. The van der Waals surface area contributed by atoms with Gasteiger partial charge in [0.15, 0.2) is 5.78 Å². The molecule has 33 heavy (non-hydrogen) atoms. The molecular weight excluding hydrogens is 412 g/mol. The smallest absolute Gasteiger partial charge is 0.234 e. The molecule has 0 saturated carbocycles. The van der Waals surface area contributed by atoms with Gasteiger partial charge in [0.2, 0.25) is 5.91 Å². The Kier molecular flexibility index (Phi) is 6.96. The number of Topliss-reactive ketones (excluding diaryl/α,β-unsaturated/α-hetero) is 1. The van der Waals surface area contributed by atoms with Gasteiger partial charge in [-0.2, -0.15) is 0 Å². The van der Waals surface area contributed by atoms with Gasteiger partial charge in [-0.05, 0) is 51.9 Å². The Morgan fingerprint density at radius 3 is 2.21 bits per heavy atom. The quantitative estimate of drug-likeness (QED) is 0.563. The molecule has 0 aliphatic carbocycles. The minimum absolute atomic E-state index is 0.0540. The summed E-state index contributed by atoms with van der Waals surface area (Å²) in [6.07, 6.45) is 0.940. The zero-order valence-electron chi connectivity index (χ0n) is 19.9. The summed E-state index contributed by atoms with van der Waals surface area (Å²) < 4.78 is 0. The van der Waals surface area contributed by atoms with Gasteiger partial charge in [0.1, 0.15) is 0 Å². The van der Waals surface area contributed by atoms with E-state index >= 15 is 0 Å². The molecule has 0 radical (unpaired) electrons. The monoisotopic (exact) mass is 446 g/mol. The van der Waals surface area contributed by atoms with Gasteiger partial charge in [-0.15, -0.1) is 0 Å². The van der Waals surface area contributed by atoms with Crippen LogP contribution in [0.3, 0.4) is 0 Å². The largest absolute Gasteiger partial charge is 0.354 e. The molecule has 1 saturated heterocycles. The number of H-pyrrole nitrogens is 1. The van der Waals surface area contributed by atoms with Gasteiger partial charge in [0.05, 0.1) is 24.3 Å². The SMILES string of the molecule is CC(C)(C)NC(=O)CN1CCCN(CC(=O)c2c(-c3ccccc3)[nH]c3ccccc23)CC1. The molecule has 3 aromatic rings. The third kappa shape index (κ3) is 5.89. The molecule has 1 aliphatic rings. The predicted octanol–water partition coefficient (Wildman–Crippen LogP) is 3.94. The topological polar surface area (TPSA) is 68.4 Å². The number of nitrogens with one attached hydrogen (secondary N) is 2. The lowest BCUT2D eigenvalue weighted by atomic mass is 10.0. The first-order valence-corrected chi connectivity index (χ1v) is 11.8. The van der Waals surface area contributed by atoms with Crippen LogP contribution in [0.25, 0.3) is 22.2 Å². The molecule has 174 valence electrons. The van der Waals surface area contributed by atoms with Crippen LogP contribution in [0, 0.1) is 0 Å². The Labute approximate surface area is 196 Å². The summed E-state index contributed by atoms with van der Waals surface area (Å²) in [5.74, 6) is 0.184. The van der Waals surface area contributed by atoms with Crippen molar-refractivity contribution in [1.82, 2.24) is 20.1 Å². The summed E-state index contributed by atoms with van der Waals surface area (Å²) in [4.78, 5) is 33.8. The van der Waals surface area contributed by atoms with Crippen molar-refractivity contribution in [2.24, 2.45) is 0 Å². The van der Waals surface area contributed by atoms with Crippen LogP contribution in [0.4, 0.5) is 0 Å². The molecule has 4 rings (SSSR count). The van der Waals surface area contributed by atoms with Crippen molar-refractivity contribution in [1.29, 1.82) is 0 Å². The minimum Gasteiger partial charge on any atom is -0.354 e. The number of hydrogen-bond acceptors (Lipinski definition) is 4. The predicted molar refractivity (Wildman–Crippen MR) is 133 cm³/mol. The van der Waals surface area contributed by atoms with Crippen LogP contribution in [-0.4, -0.2) is 71.3 Å². The number of carbonyl (C=O) groups excluding carboxylic acids is 2. The first kappa shape index (κ1) is 23.2. The Bertz CT molecular complexity index is 1110. The molecule has 1 aromatic heterocycles. The number of hydrogen-bond donors (Lipinski definition) is 2. The number of amides is 1. The molecule has 1 aliphatic heterocycles. The van der Waals surface area contributed by atoms with Gasteiger partial charge < -0.3 is 10.3 Å². The average Bonchev–Trinajstić information content (AvgIpc) is 3.03. The van der Waals surface area contributed by atoms with Crippen LogP contribution >= 0.6 is 0 Å². The standard InChI is InChI=1S/C27H34N4O2/c1-27(2,3)29-24(33)19-31-15-9-14-30(16-17-31)18-23(32)25-21-12-7-8-13-22(21)28-26(25)20-10-5-4-6-11-20/h4-8,10-13,28H,9,14-19H2,1-3H3,(H,29,33). The Balaban J connectivity index is 1.46. The van der Waals surface area contributed by atoms with Crippen LogP contribution < -0.4 is 5.32 Å². The molecular formula is C27H34N4O2. The van der Waals surface area contributed by atoms with Crippen molar-refractivity contribution in [2.45, 2.75) is 32.7 Å². The lowest BCUT2D eigenvalue weighted by molar-refractivity contribution is -0.123. The Morgan fingerprint density at radius 2 is 1.52 bits per heavy atom. The highest BCUT2D eigenvalue weighted by molar-refractivity contribution is 6.14. The van der Waals surface area contributed by atoms with Crippen molar-refractivity contribution in [2.75, 3.05) is 39.3 Å². The lowest BCUT2D eigenvalue weighted by Gasteiger charge is -2.25. The van der Waals surface area contributed by atoms with Gasteiger partial charge in [0, 0.05) is 29.5 Å². The number of ketones is 1. The summed E-state index contributed by atoms with van der Waals surface area (Å²) >= 11 is 0. The average molecular weight is 447 g/mol. The van der Waals surface area contributed by atoms with E-state index < -0.39 is 0 Å². The number of aromatic amines is 1. The second kappa shape index (κ2) is 9.89. The molecule has 0 bridgehead atoms. The fourth-order valence-corrected chi connectivity index (χ4v) is 4.54. The van der Waals surface area contributed by atoms with E-state index in [1.54, 1.807) is 0 Å². The van der Waals surface area contributed by atoms with Crippen LogP contribution in [0.2, 0.25) is 0 Å². The van der Waals surface area contributed by atoms with E-state index in [4.69, 9.17) is 0 Å². The lowest BCUT2D eigenvalue weighted by Crippen LogP contribution is -2.46. The molecule has 6 heteroatoms. The van der Waals surface area contributed by atoms with Crippen LogP contribution in [0.15, 0.2) is 54.6 Å². The second-order valence-electron chi connectivity index (χ2n) is 9.91. The summed E-state index contributed by atoms with van der Waals surface area (Å²) in [5, 5.41) is 4.00. The van der Waals surface area contributed by atoms with Crippen molar-refractivity contribution in [3.8, 4) is 11.3 Å². The number of fused-ring (bicyclic) bond motifs is 1. The van der Waals surface area contributed by atoms with Gasteiger partial charge in [-0.3, -0.25) is 19.4 Å². The number of nitrogens with zero attached hydrogens (tertiary/aromatic N) is 2. The summed E-state index contributed by atoms with van der Waals surface area (Å²) in [6, 6.07) is 18.0. The van der Waals surface area contributed by atoms with Crippen LogP contribution in [0.5, 0.6) is 0 Å². The van der Waals surface area contributed by atoms with Gasteiger partial charge in [-0.1, -0.05) is 48.5 Å². The zero-order valence-corrected chi connectivity index (χ0v) is 19.9. The first-order valence-electron chi connectivity index (χ1n) is 11.8. The van der Waals surface area contributed by atoms with E-state index in [0.717, 1.165) is 60.3 Å². The van der Waals surface area contributed by atoms with Crippen molar-refractivity contribution < 1.29 is 9.59 Å². The van der Waals surface area contributed by atoms with Crippen molar-refractivity contribution >= 4 is 22.6 Å². The highest BCUT2D eigenvalue weighted by Crippen LogP contribution is 2.30. The number of benzene rings is 2. The molecule has 1 fully saturated rings. The van der Waals surface area contributed by atoms with E-state index in [-0.39, 0.29) is 17.2 Å². The highest BCUT2D eigenvalue weighted by atomic mass is 16.2. The number of para-hydroxylation sites is 1. The summed E-state index contributed by atoms with van der Waals surface area (Å²) in [7, 11) is 0. The van der Waals surface area contributed by atoms with Crippen molar-refractivity contribution in [3.05, 3.63) is 60.2 Å². The van der Waals surface area contributed by atoms with E-state index in [1.807, 2.05) is 75.4 Å². The molecule has 1 amide bonds. The number of aromatic nitrogens is 1. The normalized spacial score (nSPS) is 16.0. The van der Waals surface area contributed by atoms with Crippen LogP contribution in [-0.2, 0) is 4.79 Å². The molecule has 0 atom stereocenters. The third-order valence-electron chi connectivity index (χ3n) is 5.98. The molecule has 0 unspecified atom stereocenters. The molecule has 0 spiro atoms. The van der Waals surface area contributed by atoms with Crippen molar-refractivity contribution in [3.63, 3.8) is 0 Å². The molecule has 6 nitrogen and oxygen atoms in total. The van der Waals surface area contributed by atoms with E-state index in [2.05, 4.69) is 20.1 Å². The maximum Gasteiger partial charge on any atom is 0.234 e. The number of rotatable bonds is 6. The van der Waals surface area contributed by atoms with Gasteiger partial charge >= 0.3 is 0 Å². The van der Waals surface area contributed by atoms with Gasteiger partial charge in [0.25, 0.3) is 0 Å². The first-order chi connectivity index (χ1) is 15.8. The summed E-state index contributed by atoms with van der Waals surface area (Å²) in [6.45, 7) is 10.0. The summed E-state index contributed by atoms with van der Waals surface area (Å²) in [5.41, 5.74) is 3.42. The molecule has 2 aromatic carbocycles. The Morgan fingerprint density at radius 1 is 0.879 bits per heavy atom. The molecule has 2 heterocycles. The molecule has 2 N–H and O–H groups in total. The minimum atomic E-state index is -0.225. The second-order valence-corrected chi connectivity index (χ2v) is 9.91. The van der Waals surface area contributed by atoms with Crippen LogP contribution in [0.1, 0.15) is 37.6 Å². The van der Waals surface area contributed by atoms with E-state index in [1.165, 1.54) is 0 Å². The maximum atomic E-state index is 13.6. The zero-order chi connectivity index (χ0) is 23.4. The third-order valence-corrected chi connectivity index (χ3v) is 5.98. The fourth-order valence-electron chi connectivity index (χ4n) is 4.54. The fraction of sp³-hybridized carbons (Fsp3) is 0.407. The van der Waals surface area contributed by atoms with Gasteiger partial charge in [-0.25, -0.2) is 0 Å². The van der Waals surface area contributed by atoms with E-state index in [0.29, 0.717) is 13.1 Å². The number of carbonyl (C=O) groups is 2. The van der Waals surface area contributed by atoms with E-state index in [9.17, 15) is 9.59 Å². The Hall–Kier alpha value is -2.96. The maximum absolute atomic E-state index is 13.6.